The van der Waals surface area contributed by atoms with Gasteiger partial charge in [-0.2, -0.15) is 0 Å². The minimum atomic E-state index is -0.00270. The van der Waals surface area contributed by atoms with E-state index in [0.717, 1.165) is 17.0 Å². The van der Waals surface area contributed by atoms with Gasteiger partial charge in [0.25, 0.3) is 0 Å². The fourth-order valence-corrected chi connectivity index (χ4v) is 2.70. The fourth-order valence-electron chi connectivity index (χ4n) is 2.70. The normalized spacial score (nSPS) is 12.5. The molecule has 146 valence electrons. The molecule has 0 bridgehead atoms. The molecule has 28 heavy (non-hydrogen) atoms. The van der Waals surface area contributed by atoms with Gasteiger partial charge in [-0.1, -0.05) is 30.3 Å². The van der Waals surface area contributed by atoms with Crippen LogP contribution in [0, 0.1) is 6.92 Å². The molecule has 2 N–H and O–H groups in total. The molecule has 2 aromatic carbocycles. The molecule has 0 aliphatic rings. The monoisotopic (exact) mass is 378 g/mol. The lowest BCUT2D eigenvalue weighted by atomic mass is 10.2. The van der Waals surface area contributed by atoms with Gasteiger partial charge < -0.3 is 19.8 Å². The second kappa shape index (κ2) is 9.60. The van der Waals surface area contributed by atoms with E-state index < -0.39 is 0 Å². The number of ether oxygens (including phenoxy) is 1. The Kier molecular flexibility index (Phi) is 6.68. The summed E-state index contributed by atoms with van der Waals surface area (Å²) in [5.74, 6) is 2.16. The van der Waals surface area contributed by atoms with E-state index >= 15 is 0 Å². The van der Waals surface area contributed by atoms with Crippen LogP contribution in [0.15, 0.2) is 70.3 Å². The van der Waals surface area contributed by atoms with Crippen molar-refractivity contribution >= 4 is 5.96 Å². The Labute approximate surface area is 165 Å². The van der Waals surface area contributed by atoms with E-state index in [2.05, 4.69) is 33.6 Å². The van der Waals surface area contributed by atoms with Crippen LogP contribution in [0.1, 0.15) is 18.2 Å². The summed E-state index contributed by atoms with van der Waals surface area (Å²) in [6.07, 6.45) is 1.66. The zero-order valence-corrected chi connectivity index (χ0v) is 16.5. The van der Waals surface area contributed by atoms with Crippen LogP contribution in [-0.2, 0) is 6.54 Å². The van der Waals surface area contributed by atoms with E-state index in [1.54, 1.807) is 13.3 Å². The molecular weight excluding hydrogens is 352 g/mol. The van der Waals surface area contributed by atoms with Crippen molar-refractivity contribution in [1.29, 1.82) is 0 Å². The maximum atomic E-state index is 5.93. The van der Waals surface area contributed by atoms with E-state index in [1.807, 2.05) is 55.5 Å². The van der Waals surface area contributed by atoms with Crippen molar-refractivity contribution in [1.82, 2.24) is 15.6 Å². The first-order valence-corrected chi connectivity index (χ1v) is 9.31. The van der Waals surface area contributed by atoms with Crippen LogP contribution < -0.4 is 15.4 Å². The molecule has 0 amide bonds. The van der Waals surface area contributed by atoms with E-state index in [1.165, 1.54) is 5.56 Å². The smallest absolute Gasteiger partial charge is 0.226 e. The fraction of sp³-hybridized carbons (Fsp3) is 0.273. The average molecular weight is 378 g/mol. The van der Waals surface area contributed by atoms with E-state index in [0.29, 0.717) is 24.9 Å². The van der Waals surface area contributed by atoms with Gasteiger partial charge in [0, 0.05) is 12.6 Å². The minimum absolute atomic E-state index is 0.00270. The number of benzene rings is 2. The Morgan fingerprint density at radius 3 is 2.71 bits per heavy atom. The van der Waals surface area contributed by atoms with Crippen molar-refractivity contribution in [3.05, 3.63) is 72.1 Å². The molecule has 1 heterocycles. The van der Waals surface area contributed by atoms with Gasteiger partial charge in [-0.25, -0.2) is 4.98 Å². The molecular formula is C22H26N4O2. The van der Waals surface area contributed by atoms with Gasteiger partial charge in [-0.05, 0) is 43.7 Å². The maximum absolute atomic E-state index is 5.93. The summed E-state index contributed by atoms with van der Waals surface area (Å²) in [7, 11) is 1.74. The highest BCUT2D eigenvalue weighted by Crippen LogP contribution is 2.17. The molecule has 6 heteroatoms. The molecule has 0 aliphatic carbocycles. The summed E-state index contributed by atoms with van der Waals surface area (Å²) in [6, 6.07) is 17.9. The number of oxazole rings is 1. The van der Waals surface area contributed by atoms with Crippen molar-refractivity contribution in [2.75, 3.05) is 13.6 Å². The number of rotatable bonds is 7. The van der Waals surface area contributed by atoms with Crippen molar-refractivity contribution in [2.24, 2.45) is 4.99 Å². The summed E-state index contributed by atoms with van der Waals surface area (Å²) in [5, 5.41) is 6.51. The molecule has 0 radical (unpaired) electrons. The van der Waals surface area contributed by atoms with Crippen LogP contribution in [0.25, 0.3) is 11.5 Å². The third-order valence-electron chi connectivity index (χ3n) is 4.12. The minimum Gasteiger partial charge on any atom is -0.489 e. The molecule has 3 rings (SSSR count). The Hall–Kier alpha value is -3.28. The predicted octanol–water partition coefficient (Wildman–Crippen LogP) is 3.78. The average Bonchev–Trinajstić information content (AvgIpc) is 3.18. The van der Waals surface area contributed by atoms with Crippen molar-refractivity contribution in [3.63, 3.8) is 0 Å². The molecule has 3 aromatic rings. The standard InChI is InChI=1S/C22H26N4O2/c1-16-8-7-11-20(12-16)28-17(2)13-24-22(23-3)25-14-19-15-27-21(26-19)18-9-5-4-6-10-18/h4-12,15,17H,13-14H2,1-3H3,(H2,23,24,25). The second-order valence-electron chi connectivity index (χ2n) is 6.56. The first kappa shape index (κ1) is 19.5. The van der Waals surface area contributed by atoms with Gasteiger partial charge in [-0.3, -0.25) is 4.99 Å². The lowest BCUT2D eigenvalue weighted by Gasteiger charge is -2.17. The van der Waals surface area contributed by atoms with Gasteiger partial charge in [0.2, 0.25) is 5.89 Å². The lowest BCUT2D eigenvalue weighted by molar-refractivity contribution is 0.223. The highest BCUT2D eigenvalue weighted by molar-refractivity contribution is 5.79. The maximum Gasteiger partial charge on any atom is 0.226 e. The highest BCUT2D eigenvalue weighted by atomic mass is 16.5. The third kappa shape index (κ3) is 5.61. The third-order valence-corrected chi connectivity index (χ3v) is 4.12. The number of nitrogens with one attached hydrogen (secondary N) is 2. The van der Waals surface area contributed by atoms with E-state index in [4.69, 9.17) is 9.15 Å². The quantitative estimate of drug-likeness (QED) is 0.484. The van der Waals surface area contributed by atoms with Gasteiger partial charge in [0.05, 0.1) is 18.8 Å². The van der Waals surface area contributed by atoms with Gasteiger partial charge >= 0.3 is 0 Å². The van der Waals surface area contributed by atoms with Gasteiger partial charge in [0.1, 0.15) is 18.1 Å². The Morgan fingerprint density at radius 1 is 1.14 bits per heavy atom. The summed E-state index contributed by atoms with van der Waals surface area (Å²) in [5.41, 5.74) is 2.95. The van der Waals surface area contributed by atoms with Crippen LogP contribution in [-0.4, -0.2) is 30.6 Å². The second-order valence-corrected chi connectivity index (χ2v) is 6.56. The molecule has 1 aromatic heterocycles. The van der Waals surface area contributed by atoms with E-state index in [-0.39, 0.29) is 6.10 Å². The summed E-state index contributed by atoms with van der Waals surface area (Å²) >= 11 is 0. The van der Waals surface area contributed by atoms with Crippen LogP contribution >= 0.6 is 0 Å². The molecule has 0 fully saturated rings. The Bertz CT molecular complexity index is 906. The molecule has 1 unspecified atom stereocenters. The topological polar surface area (TPSA) is 71.7 Å². The summed E-state index contributed by atoms with van der Waals surface area (Å²) in [4.78, 5) is 8.75. The molecule has 6 nitrogen and oxygen atoms in total. The SMILES string of the molecule is CN=C(NCc1coc(-c2ccccc2)n1)NCC(C)Oc1cccc(C)c1. The first-order valence-electron chi connectivity index (χ1n) is 9.31. The molecule has 0 saturated carbocycles. The number of hydrogen-bond donors (Lipinski definition) is 2. The van der Waals surface area contributed by atoms with Crippen LogP contribution in [0.5, 0.6) is 5.75 Å². The number of aromatic nitrogens is 1. The zero-order valence-electron chi connectivity index (χ0n) is 16.5. The van der Waals surface area contributed by atoms with Crippen molar-refractivity contribution in [2.45, 2.75) is 26.5 Å². The molecule has 1 atom stereocenters. The number of nitrogens with zero attached hydrogens (tertiary/aromatic N) is 2. The van der Waals surface area contributed by atoms with Crippen LogP contribution in [0.3, 0.4) is 0 Å². The Morgan fingerprint density at radius 2 is 1.96 bits per heavy atom. The van der Waals surface area contributed by atoms with Crippen molar-refractivity contribution in [3.8, 4) is 17.2 Å². The molecule has 0 saturated heterocycles. The Balaban J connectivity index is 1.46. The van der Waals surface area contributed by atoms with Crippen LogP contribution in [0.4, 0.5) is 0 Å². The predicted molar refractivity (Wildman–Crippen MR) is 111 cm³/mol. The number of hydrogen-bond acceptors (Lipinski definition) is 4. The molecule has 0 spiro atoms. The summed E-state index contributed by atoms with van der Waals surface area (Å²) in [6.45, 7) is 5.21. The summed E-state index contributed by atoms with van der Waals surface area (Å²) < 4.78 is 11.5. The number of guanidine groups is 1. The zero-order chi connectivity index (χ0) is 19.8. The number of aryl methyl sites for hydroxylation is 1. The molecule has 0 aliphatic heterocycles. The number of aliphatic imine (C=N–C) groups is 1. The lowest BCUT2D eigenvalue weighted by Crippen LogP contribution is -2.41. The van der Waals surface area contributed by atoms with Crippen LogP contribution in [0.2, 0.25) is 0 Å². The highest BCUT2D eigenvalue weighted by Gasteiger charge is 2.09. The largest absolute Gasteiger partial charge is 0.489 e. The van der Waals surface area contributed by atoms with Gasteiger partial charge in [-0.15, -0.1) is 0 Å². The van der Waals surface area contributed by atoms with E-state index in [9.17, 15) is 0 Å². The van der Waals surface area contributed by atoms with Crippen molar-refractivity contribution < 1.29 is 9.15 Å². The van der Waals surface area contributed by atoms with Gasteiger partial charge in [0.15, 0.2) is 5.96 Å². The first-order chi connectivity index (χ1) is 13.6.